The summed E-state index contributed by atoms with van der Waals surface area (Å²) in [6, 6.07) is 0. The topological polar surface area (TPSA) is 49.7 Å². The van der Waals surface area contributed by atoms with E-state index in [1.165, 1.54) is 32.1 Å². The molecule has 3 nitrogen and oxygen atoms in total. The summed E-state index contributed by atoms with van der Waals surface area (Å²) in [5.41, 5.74) is 1.24. The van der Waals surface area contributed by atoms with E-state index in [0.717, 1.165) is 36.5 Å². The molecular weight excluding hydrogens is 472 g/mol. The molecule has 2 saturated carbocycles. The maximum Gasteiger partial charge on any atom is 0.192 e. The van der Waals surface area contributed by atoms with Crippen LogP contribution < -0.4 is 0 Å². The van der Waals surface area contributed by atoms with Crippen LogP contribution in [0.15, 0.2) is 23.8 Å². The zero-order valence-corrected chi connectivity index (χ0v) is 26.7. The highest BCUT2D eigenvalue weighted by Crippen LogP contribution is 2.66. The second-order valence-electron chi connectivity index (χ2n) is 16.1. The fourth-order valence-electron chi connectivity index (χ4n) is 8.81. The Bertz CT molecular complexity index is 892. The van der Waals surface area contributed by atoms with E-state index in [2.05, 4.69) is 72.9 Å². The molecule has 0 aromatic carbocycles. The summed E-state index contributed by atoms with van der Waals surface area (Å²) in [7, 11) is -1.79. The normalized spacial score (nSPS) is 39.9. The van der Waals surface area contributed by atoms with E-state index in [0.29, 0.717) is 17.8 Å². The van der Waals surface area contributed by atoms with Gasteiger partial charge >= 0.3 is 0 Å². The van der Waals surface area contributed by atoms with Gasteiger partial charge < -0.3 is 14.6 Å². The van der Waals surface area contributed by atoms with E-state index < -0.39 is 20.0 Å². The minimum Gasteiger partial charge on any atom is -0.410 e. The van der Waals surface area contributed by atoms with Gasteiger partial charge in [-0.25, -0.2) is 0 Å². The average molecular weight is 531 g/mol. The Balaban J connectivity index is 1.46. The minimum atomic E-state index is -1.79. The lowest BCUT2D eigenvalue weighted by molar-refractivity contribution is -0.0594. The lowest BCUT2D eigenvalue weighted by Crippen LogP contribution is -2.50. The standard InChI is InChI=1S/C33H58O3Si/c1-22(11-16-29(34)31(5,6)35)26-14-15-27-25-13-12-23-21-24(36-37(9,10)30(2,3)4)17-19-32(23,7)28(25)18-20-33(26,27)8/h12,17,19,22,24-29,34-35H,11,13-16,18,20-21H2,1-10H3/t22-,24+,25+,26-,27+,28+,29-,32+,33-/m1/s1. The van der Waals surface area contributed by atoms with E-state index >= 15 is 0 Å². The van der Waals surface area contributed by atoms with Gasteiger partial charge in [-0.2, -0.15) is 0 Å². The Hall–Kier alpha value is -0.423. The summed E-state index contributed by atoms with van der Waals surface area (Å²) in [4.78, 5) is 0. The first-order valence-electron chi connectivity index (χ1n) is 15.4. The number of allylic oxidation sites excluding steroid dienone is 2. The number of aliphatic hydroxyl groups is 2. The fourth-order valence-corrected chi connectivity index (χ4v) is 10.1. The molecule has 0 aromatic rings. The summed E-state index contributed by atoms with van der Waals surface area (Å²) in [6.45, 7) is 22.8. The van der Waals surface area contributed by atoms with E-state index in [1.54, 1.807) is 19.4 Å². The maximum absolute atomic E-state index is 10.4. The highest BCUT2D eigenvalue weighted by atomic mass is 28.4. The molecule has 2 N–H and O–H groups in total. The molecule has 0 unspecified atom stereocenters. The lowest BCUT2D eigenvalue weighted by atomic mass is 9.48. The van der Waals surface area contributed by atoms with Crippen LogP contribution in [0.2, 0.25) is 18.1 Å². The van der Waals surface area contributed by atoms with Gasteiger partial charge in [0, 0.05) is 5.41 Å². The zero-order valence-electron chi connectivity index (χ0n) is 25.7. The first kappa shape index (κ1) is 29.6. The molecule has 212 valence electrons. The predicted octanol–water partition coefficient (Wildman–Crippen LogP) is 8.28. The van der Waals surface area contributed by atoms with Crippen molar-refractivity contribution in [3.63, 3.8) is 0 Å². The van der Waals surface area contributed by atoms with Crippen molar-refractivity contribution >= 4 is 8.32 Å². The van der Waals surface area contributed by atoms with Gasteiger partial charge in [-0.05, 0) is 118 Å². The Morgan fingerprint density at radius 1 is 1.05 bits per heavy atom. The second kappa shape index (κ2) is 9.89. The van der Waals surface area contributed by atoms with Crippen LogP contribution in [0, 0.1) is 40.4 Å². The number of aliphatic hydroxyl groups excluding tert-OH is 1. The van der Waals surface area contributed by atoms with Crippen molar-refractivity contribution in [2.24, 2.45) is 40.4 Å². The van der Waals surface area contributed by atoms with Gasteiger partial charge in [0.1, 0.15) is 0 Å². The molecule has 4 aliphatic rings. The molecule has 0 aliphatic heterocycles. The van der Waals surface area contributed by atoms with Crippen molar-refractivity contribution in [1.82, 2.24) is 0 Å². The Morgan fingerprint density at radius 3 is 2.35 bits per heavy atom. The number of hydrogen-bond donors (Lipinski definition) is 2. The maximum atomic E-state index is 10.4. The molecule has 0 amide bonds. The third kappa shape index (κ3) is 5.35. The van der Waals surface area contributed by atoms with E-state index in [9.17, 15) is 10.2 Å². The van der Waals surface area contributed by atoms with Crippen LogP contribution in [0.1, 0.15) is 107 Å². The third-order valence-corrected chi connectivity index (χ3v) is 16.8. The molecule has 37 heavy (non-hydrogen) atoms. The monoisotopic (exact) mass is 530 g/mol. The molecule has 0 saturated heterocycles. The summed E-state index contributed by atoms with van der Waals surface area (Å²) >= 11 is 0. The summed E-state index contributed by atoms with van der Waals surface area (Å²) in [5, 5.41) is 20.8. The highest BCUT2D eigenvalue weighted by Gasteiger charge is 2.58. The molecule has 0 bridgehead atoms. The van der Waals surface area contributed by atoms with Crippen LogP contribution >= 0.6 is 0 Å². The molecule has 2 fully saturated rings. The Labute approximate surface area is 229 Å². The molecule has 0 spiro atoms. The highest BCUT2D eigenvalue weighted by molar-refractivity contribution is 6.74. The lowest BCUT2D eigenvalue weighted by Gasteiger charge is -2.57. The fraction of sp³-hybridized carbons (Fsp3) is 0.879. The van der Waals surface area contributed by atoms with Gasteiger partial charge in [0.25, 0.3) is 0 Å². The van der Waals surface area contributed by atoms with Gasteiger partial charge in [0.05, 0.1) is 17.8 Å². The second-order valence-corrected chi connectivity index (χ2v) is 20.8. The molecule has 4 rings (SSSR count). The first-order chi connectivity index (χ1) is 16.9. The summed E-state index contributed by atoms with van der Waals surface area (Å²) in [5.74, 6) is 3.67. The molecule has 0 heterocycles. The molecule has 0 aromatic heterocycles. The molecule has 4 aliphatic carbocycles. The first-order valence-corrected chi connectivity index (χ1v) is 18.3. The van der Waals surface area contributed by atoms with Crippen molar-refractivity contribution in [1.29, 1.82) is 0 Å². The Kier molecular flexibility index (Phi) is 7.90. The number of rotatable bonds is 7. The van der Waals surface area contributed by atoms with Crippen molar-refractivity contribution < 1.29 is 14.6 Å². The van der Waals surface area contributed by atoms with E-state index in [4.69, 9.17) is 4.43 Å². The molecule has 0 radical (unpaired) electrons. The van der Waals surface area contributed by atoms with E-state index in [-0.39, 0.29) is 16.6 Å². The number of hydrogen-bond acceptors (Lipinski definition) is 3. The van der Waals surface area contributed by atoms with Crippen LogP contribution in [-0.4, -0.2) is 36.3 Å². The van der Waals surface area contributed by atoms with Gasteiger partial charge in [-0.15, -0.1) is 0 Å². The SMILES string of the molecule is C[C@H](CC[C@@H](O)C(C)(C)O)[C@H]1CC[C@H]2[C@@H]3CC=C4C[C@@H](O[Si](C)(C)C(C)(C)C)C=C[C@]4(C)[C@H]3CC[C@]12C. The largest absolute Gasteiger partial charge is 0.410 e. The third-order valence-electron chi connectivity index (χ3n) is 12.3. The van der Waals surface area contributed by atoms with Crippen LogP contribution in [0.25, 0.3) is 0 Å². The van der Waals surface area contributed by atoms with Gasteiger partial charge in [-0.1, -0.05) is 65.3 Å². The van der Waals surface area contributed by atoms with Gasteiger partial charge in [0.2, 0.25) is 0 Å². The van der Waals surface area contributed by atoms with Gasteiger partial charge in [0.15, 0.2) is 8.32 Å². The molecular formula is C33H58O3Si. The van der Waals surface area contributed by atoms with Gasteiger partial charge in [-0.3, -0.25) is 0 Å². The smallest absolute Gasteiger partial charge is 0.192 e. The summed E-state index contributed by atoms with van der Waals surface area (Å²) in [6.07, 6.45) is 16.6. The van der Waals surface area contributed by atoms with E-state index in [1.807, 2.05) is 0 Å². The average Bonchev–Trinajstić information content (AvgIpc) is 3.13. The minimum absolute atomic E-state index is 0.193. The quantitative estimate of drug-likeness (QED) is 0.257. The van der Waals surface area contributed by atoms with Crippen molar-refractivity contribution in [2.45, 2.75) is 143 Å². The summed E-state index contributed by atoms with van der Waals surface area (Å²) < 4.78 is 6.84. The van der Waals surface area contributed by atoms with Crippen molar-refractivity contribution in [3.05, 3.63) is 23.8 Å². The Morgan fingerprint density at radius 2 is 1.73 bits per heavy atom. The van der Waals surface area contributed by atoms with Crippen LogP contribution in [0.3, 0.4) is 0 Å². The van der Waals surface area contributed by atoms with Crippen LogP contribution in [0.4, 0.5) is 0 Å². The predicted molar refractivity (Wildman–Crippen MR) is 158 cm³/mol. The zero-order chi connectivity index (χ0) is 27.6. The number of fused-ring (bicyclic) bond motifs is 5. The van der Waals surface area contributed by atoms with Crippen LogP contribution in [-0.2, 0) is 4.43 Å². The molecule has 9 atom stereocenters. The van der Waals surface area contributed by atoms with Crippen LogP contribution in [0.5, 0.6) is 0 Å². The van der Waals surface area contributed by atoms with Crippen molar-refractivity contribution in [2.75, 3.05) is 0 Å². The van der Waals surface area contributed by atoms with Crippen molar-refractivity contribution in [3.8, 4) is 0 Å². The molecule has 4 heteroatoms.